The molecule has 0 fully saturated rings. The quantitative estimate of drug-likeness (QED) is 0.535. The molecule has 0 saturated carbocycles. The summed E-state index contributed by atoms with van der Waals surface area (Å²) in [6.07, 6.45) is 3.31. The van der Waals surface area contributed by atoms with Crippen molar-refractivity contribution in [1.29, 1.82) is 0 Å². The van der Waals surface area contributed by atoms with E-state index in [9.17, 15) is 4.79 Å². The molecular formula is C10H7I2N3O. The zero-order chi connectivity index (χ0) is 11.7. The highest BCUT2D eigenvalue weighted by Gasteiger charge is 2.08. The fourth-order valence-corrected chi connectivity index (χ4v) is 2.10. The summed E-state index contributed by atoms with van der Waals surface area (Å²) in [6, 6.07) is 3.59. The smallest absolute Gasteiger partial charge is 0.161 e. The summed E-state index contributed by atoms with van der Waals surface area (Å²) in [4.78, 5) is 19.5. The molecule has 0 N–H and O–H groups in total. The van der Waals surface area contributed by atoms with Crippen LogP contribution < -0.4 is 0 Å². The van der Waals surface area contributed by atoms with Crippen molar-refractivity contribution in [2.45, 2.75) is 6.92 Å². The number of imidazole rings is 1. The first-order valence-corrected chi connectivity index (χ1v) is 6.61. The summed E-state index contributed by atoms with van der Waals surface area (Å²) in [5, 5.41) is 0. The Morgan fingerprint density at radius 1 is 1.31 bits per heavy atom. The third-order valence-corrected chi connectivity index (χ3v) is 4.92. The minimum atomic E-state index is 0.0222. The normalized spacial score (nSPS) is 10.4. The first-order chi connectivity index (χ1) is 7.59. The van der Waals surface area contributed by atoms with Gasteiger partial charge in [-0.1, -0.05) is 0 Å². The first kappa shape index (κ1) is 12.0. The molecule has 82 valence electrons. The van der Waals surface area contributed by atoms with Gasteiger partial charge in [0, 0.05) is 11.8 Å². The maximum absolute atomic E-state index is 11.1. The van der Waals surface area contributed by atoms with Crippen LogP contribution in [0.15, 0.2) is 24.7 Å². The topological polar surface area (TPSA) is 47.8 Å². The van der Waals surface area contributed by atoms with Crippen molar-refractivity contribution in [3.8, 4) is 5.82 Å². The summed E-state index contributed by atoms with van der Waals surface area (Å²) in [5.41, 5.74) is 0.619. The Morgan fingerprint density at radius 2 is 2.06 bits per heavy atom. The molecule has 0 saturated heterocycles. The molecule has 0 bridgehead atoms. The Balaban J connectivity index is 2.42. The largest absolute Gasteiger partial charge is 0.294 e. The third kappa shape index (κ3) is 2.26. The van der Waals surface area contributed by atoms with Crippen molar-refractivity contribution < 1.29 is 4.79 Å². The van der Waals surface area contributed by atoms with Crippen LogP contribution >= 0.6 is 45.2 Å². The van der Waals surface area contributed by atoms with Gasteiger partial charge in [0.2, 0.25) is 0 Å². The van der Waals surface area contributed by atoms with Gasteiger partial charge in [0.25, 0.3) is 0 Å². The Morgan fingerprint density at radius 3 is 2.50 bits per heavy atom. The lowest BCUT2D eigenvalue weighted by Crippen LogP contribution is -2.00. The highest BCUT2D eigenvalue weighted by atomic mass is 127. The van der Waals surface area contributed by atoms with Crippen molar-refractivity contribution in [2.75, 3.05) is 0 Å². The molecular weight excluding hydrogens is 432 g/mol. The van der Waals surface area contributed by atoms with E-state index >= 15 is 0 Å². The van der Waals surface area contributed by atoms with Gasteiger partial charge in [0.1, 0.15) is 19.5 Å². The van der Waals surface area contributed by atoms with Crippen LogP contribution in [0.2, 0.25) is 0 Å². The maximum atomic E-state index is 11.1. The van der Waals surface area contributed by atoms with Crippen LogP contribution in [0.1, 0.15) is 17.3 Å². The van der Waals surface area contributed by atoms with Gasteiger partial charge in [-0.15, -0.1) is 0 Å². The zero-order valence-electron chi connectivity index (χ0n) is 8.32. The number of halogens is 2. The number of rotatable bonds is 2. The lowest BCUT2D eigenvalue weighted by molar-refractivity contribution is 0.101. The number of carbonyl (C=O) groups is 1. The SMILES string of the molecule is CC(=O)c1ccc(-n2cnc(I)c2I)nc1. The molecule has 0 radical (unpaired) electrons. The molecule has 2 aromatic rings. The van der Waals surface area contributed by atoms with E-state index < -0.39 is 0 Å². The number of carbonyl (C=O) groups excluding carboxylic acids is 1. The second kappa shape index (κ2) is 4.78. The summed E-state index contributed by atoms with van der Waals surface area (Å²) in [6.45, 7) is 1.53. The van der Waals surface area contributed by atoms with E-state index in [1.165, 1.54) is 6.92 Å². The molecule has 0 aliphatic rings. The molecule has 0 spiro atoms. The van der Waals surface area contributed by atoms with Crippen LogP contribution in [-0.4, -0.2) is 20.3 Å². The van der Waals surface area contributed by atoms with E-state index in [4.69, 9.17) is 0 Å². The van der Waals surface area contributed by atoms with Crippen LogP contribution in [0.25, 0.3) is 5.82 Å². The molecule has 2 rings (SSSR count). The van der Waals surface area contributed by atoms with Gasteiger partial charge >= 0.3 is 0 Å². The van der Waals surface area contributed by atoms with Crippen LogP contribution in [-0.2, 0) is 0 Å². The third-order valence-electron chi connectivity index (χ3n) is 2.07. The number of hydrogen-bond donors (Lipinski definition) is 0. The first-order valence-electron chi connectivity index (χ1n) is 4.45. The molecule has 0 aromatic carbocycles. The summed E-state index contributed by atoms with van der Waals surface area (Å²) in [7, 11) is 0. The highest BCUT2D eigenvalue weighted by molar-refractivity contribution is 14.1. The van der Waals surface area contributed by atoms with Crippen LogP contribution in [0.4, 0.5) is 0 Å². The second-order valence-corrected chi connectivity index (χ2v) is 5.20. The maximum Gasteiger partial charge on any atom is 0.161 e. The number of hydrogen-bond acceptors (Lipinski definition) is 3. The van der Waals surface area contributed by atoms with Crippen LogP contribution in [0.5, 0.6) is 0 Å². The molecule has 0 aliphatic heterocycles. The van der Waals surface area contributed by atoms with Crippen molar-refractivity contribution >= 4 is 51.0 Å². The predicted molar refractivity (Wildman–Crippen MR) is 76.8 cm³/mol. The van der Waals surface area contributed by atoms with Gasteiger partial charge < -0.3 is 0 Å². The Kier molecular flexibility index (Phi) is 3.57. The van der Waals surface area contributed by atoms with Crippen molar-refractivity contribution in [1.82, 2.24) is 14.5 Å². The minimum absolute atomic E-state index is 0.0222. The van der Waals surface area contributed by atoms with E-state index in [2.05, 4.69) is 55.1 Å². The van der Waals surface area contributed by atoms with Crippen LogP contribution in [0, 0.1) is 7.40 Å². The fourth-order valence-electron chi connectivity index (χ4n) is 1.21. The Labute approximate surface area is 120 Å². The number of Topliss-reactive ketones (excluding diaryl/α,β-unsaturated/α-hetero) is 1. The second-order valence-electron chi connectivity index (χ2n) is 3.16. The van der Waals surface area contributed by atoms with E-state index in [0.29, 0.717) is 5.56 Å². The van der Waals surface area contributed by atoms with Crippen molar-refractivity contribution in [3.05, 3.63) is 37.6 Å². The molecule has 6 heteroatoms. The van der Waals surface area contributed by atoms with Gasteiger partial charge in [-0.25, -0.2) is 9.97 Å². The molecule has 4 nitrogen and oxygen atoms in total. The van der Waals surface area contributed by atoms with E-state index in [0.717, 1.165) is 13.2 Å². The number of ketones is 1. The molecule has 0 amide bonds. The Hall–Kier alpha value is -0.510. The number of aromatic nitrogens is 3. The van der Waals surface area contributed by atoms with E-state index in [-0.39, 0.29) is 5.78 Å². The fraction of sp³-hybridized carbons (Fsp3) is 0.100. The zero-order valence-corrected chi connectivity index (χ0v) is 12.6. The number of nitrogens with zero attached hydrogens (tertiary/aromatic N) is 3. The van der Waals surface area contributed by atoms with Crippen molar-refractivity contribution in [3.63, 3.8) is 0 Å². The molecule has 0 unspecified atom stereocenters. The standard InChI is InChI=1S/C10H7I2N3O/c1-6(16)7-2-3-8(13-4-7)15-5-14-9(11)10(15)12/h2-5H,1H3. The molecule has 2 heterocycles. The summed E-state index contributed by atoms with van der Waals surface area (Å²) in [5.74, 6) is 0.791. The van der Waals surface area contributed by atoms with Gasteiger partial charge in [0.05, 0.1) is 0 Å². The average molecular weight is 439 g/mol. The molecule has 0 aliphatic carbocycles. The van der Waals surface area contributed by atoms with Gasteiger partial charge in [0.15, 0.2) is 5.78 Å². The van der Waals surface area contributed by atoms with Crippen molar-refractivity contribution in [2.24, 2.45) is 0 Å². The summed E-state index contributed by atoms with van der Waals surface area (Å²) >= 11 is 4.38. The van der Waals surface area contributed by atoms with Gasteiger partial charge in [-0.2, -0.15) is 0 Å². The minimum Gasteiger partial charge on any atom is -0.294 e. The summed E-state index contributed by atoms with van der Waals surface area (Å²) < 4.78 is 3.84. The monoisotopic (exact) mass is 439 g/mol. The molecule has 2 aromatic heterocycles. The average Bonchev–Trinajstić information content (AvgIpc) is 2.60. The van der Waals surface area contributed by atoms with Crippen LogP contribution in [0.3, 0.4) is 0 Å². The highest BCUT2D eigenvalue weighted by Crippen LogP contribution is 2.17. The van der Waals surface area contributed by atoms with E-state index in [1.54, 1.807) is 18.6 Å². The van der Waals surface area contributed by atoms with Gasteiger partial charge in [-0.3, -0.25) is 9.36 Å². The lowest BCUT2D eigenvalue weighted by Gasteiger charge is -2.03. The molecule has 0 atom stereocenters. The molecule has 16 heavy (non-hydrogen) atoms. The number of pyridine rings is 1. The van der Waals surface area contributed by atoms with E-state index in [1.807, 2.05) is 10.6 Å². The van der Waals surface area contributed by atoms with Gasteiger partial charge in [-0.05, 0) is 64.2 Å². The predicted octanol–water partition coefficient (Wildman–Crippen LogP) is 2.68. The lowest BCUT2D eigenvalue weighted by atomic mass is 10.2. The Bertz CT molecular complexity index is 533.